The lowest BCUT2D eigenvalue weighted by molar-refractivity contribution is 0.415. The number of H-pyrrole nitrogens is 1. The second-order valence-corrected chi connectivity index (χ2v) is 4.84. The van der Waals surface area contributed by atoms with Gasteiger partial charge >= 0.3 is 0 Å². The van der Waals surface area contributed by atoms with Crippen LogP contribution in [-0.4, -0.2) is 25.4 Å². The Hall–Kier alpha value is -3.06. The summed E-state index contributed by atoms with van der Waals surface area (Å²) in [6.07, 6.45) is 11.1. The summed E-state index contributed by atoms with van der Waals surface area (Å²) in [6.45, 7) is 1.94. The van der Waals surface area contributed by atoms with E-state index in [0.717, 1.165) is 27.8 Å². The molecule has 1 heterocycles. The van der Waals surface area contributed by atoms with E-state index in [9.17, 15) is 5.26 Å². The van der Waals surface area contributed by atoms with E-state index in [-0.39, 0.29) is 0 Å². The van der Waals surface area contributed by atoms with E-state index in [1.54, 1.807) is 20.4 Å². The molecule has 0 bridgehead atoms. The highest BCUT2D eigenvalue weighted by Crippen LogP contribution is 2.28. The number of benzene rings is 1. The van der Waals surface area contributed by atoms with Crippen molar-refractivity contribution in [3.05, 3.63) is 59.8 Å². The number of methoxy groups -OCH3 is 1. The predicted molar refractivity (Wildman–Crippen MR) is 95.8 cm³/mol. The van der Waals surface area contributed by atoms with Crippen LogP contribution in [0.3, 0.4) is 0 Å². The first-order chi connectivity index (χ1) is 11.2. The Labute approximate surface area is 136 Å². The van der Waals surface area contributed by atoms with E-state index < -0.39 is 0 Å². The van der Waals surface area contributed by atoms with Crippen molar-refractivity contribution >= 4 is 22.7 Å². The molecule has 2 rings (SSSR count). The summed E-state index contributed by atoms with van der Waals surface area (Å²) in [4.78, 5) is 7.10. The topological polar surface area (TPSA) is 61.2 Å². The van der Waals surface area contributed by atoms with Crippen molar-refractivity contribution in [2.45, 2.75) is 6.92 Å². The Bertz CT molecular complexity index is 845. The maximum absolute atomic E-state index is 9.56. The summed E-state index contributed by atoms with van der Waals surface area (Å²) in [7, 11) is 3.35. The van der Waals surface area contributed by atoms with Crippen LogP contribution in [0, 0.1) is 11.3 Å². The fourth-order valence-electron chi connectivity index (χ4n) is 2.25. The Morgan fingerprint density at radius 1 is 1.39 bits per heavy atom. The lowest BCUT2D eigenvalue weighted by Crippen LogP contribution is -1.84. The third-order valence-electron chi connectivity index (χ3n) is 3.47. The third kappa shape index (κ3) is 3.78. The largest absolute Gasteiger partial charge is 0.497 e. The summed E-state index contributed by atoms with van der Waals surface area (Å²) in [5.74, 6) is 0.765. The molecular formula is C19H19N3O. The fraction of sp³-hybridized carbons (Fsp3) is 0.158. The highest BCUT2D eigenvalue weighted by molar-refractivity contribution is 5.97. The van der Waals surface area contributed by atoms with Gasteiger partial charge in [0.05, 0.1) is 18.8 Å². The van der Waals surface area contributed by atoms with Crippen LogP contribution in [0.4, 0.5) is 0 Å². The molecule has 116 valence electrons. The van der Waals surface area contributed by atoms with E-state index in [2.05, 4.69) is 16.0 Å². The standard InChI is InChI=1S/C19H19N3O/c1-4-14(6-5-9-21-2)10-15(12-20)18-13-22-19-8-7-16(23-3)11-17(18)19/h4-11,13,22H,1-3H3/b6-5+,14-4+,15-10+,21-9?. The van der Waals surface area contributed by atoms with Gasteiger partial charge in [-0.25, -0.2) is 0 Å². The molecule has 0 unspecified atom stereocenters. The molecule has 23 heavy (non-hydrogen) atoms. The maximum atomic E-state index is 9.56. The van der Waals surface area contributed by atoms with Gasteiger partial charge < -0.3 is 9.72 Å². The number of fused-ring (bicyclic) bond motifs is 1. The molecule has 0 aliphatic heterocycles. The number of rotatable bonds is 5. The van der Waals surface area contributed by atoms with Crippen LogP contribution >= 0.6 is 0 Å². The highest BCUT2D eigenvalue weighted by atomic mass is 16.5. The summed E-state index contributed by atoms with van der Waals surface area (Å²) in [5, 5.41) is 10.5. The van der Waals surface area contributed by atoms with Gasteiger partial charge in [0.25, 0.3) is 0 Å². The second-order valence-electron chi connectivity index (χ2n) is 4.84. The monoisotopic (exact) mass is 305 g/mol. The van der Waals surface area contributed by atoms with Crippen LogP contribution in [0.15, 0.2) is 59.3 Å². The molecule has 0 aliphatic rings. The molecule has 1 aromatic carbocycles. The van der Waals surface area contributed by atoms with Gasteiger partial charge in [-0.2, -0.15) is 5.26 Å². The minimum absolute atomic E-state index is 0.593. The van der Waals surface area contributed by atoms with E-state index in [1.807, 2.05) is 55.6 Å². The second kappa shape index (κ2) is 7.81. The number of ether oxygens (including phenoxy) is 1. The van der Waals surface area contributed by atoms with Crippen LogP contribution in [0.25, 0.3) is 16.5 Å². The van der Waals surface area contributed by atoms with Crippen LogP contribution in [0.2, 0.25) is 0 Å². The number of nitrogens with zero attached hydrogens (tertiary/aromatic N) is 2. The quantitative estimate of drug-likeness (QED) is 0.509. The van der Waals surface area contributed by atoms with Crippen molar-refractivity contribution in [3.8, 4) is 11.8 Å². The minimum atomic E-state index is 0.593. The number of nitrogens with one attached hydrogen (secondary N) is 1. The van der Waals surface area contributed by atoms with Gasteiger partial charge in [0.15, 0.2) is 0 Å². The number of aromatic amines is 1. The van der Waals surface area contributed by atoms with Gasteiger partial charge in [-0.3, -0.25) is 4.99 Å². The van der Waals surface area contributed by atoms with Crippen molar-refractivity contribution in [2.75, 3.05) is 14.2 Å². The SMILES string of the molecule is C/C=C(/C=C(\C#N)c1c[nH]c2ccc(OC)cc12)\C=C\C=NC. The molecule has 0 aliphatic carbocycles. The number of aromatic nitrogens is 1. The van der Waals surface area contributed by atoms with Gasteiger partial charge in [-0.15, -0.1) is 0 Å². The molecule has 0 saturated heterocycles. The number of nitriles is 1. The van der Waals surface area contributed by atoms with Crippen LogP contribution in [-0.2, 0) is 0 Å². The number of allylic oxidation sites excluding steroid dienone is 6. The number of hydrogen-bond acceptors (Lipinski definition) is 3. The lowest BCUT2D eigenvalue weighted by atomic mass is 10.0. The first-order valence-electron chi connectivity index (χ1n) is 7.26. The van der Waals surface area contributed by atoms with Crippen molar-refractivity contribution in [2.24, 2.45) is 4.99 Å². The zero-order chi connectivity index (χ0) is 16.7. The molecule has 1 N–H and O–H groups in total. The minimum Gasteiger partial charge on any atom is -0.497 e. The summed E-state index contributed by atoms with van der Waals surface area (Å²) in [6, 6.07) is 8.05. The summed E-state index contributed by atoms with van der Waals surface area (Å²) < 4.78 is 5.27. The van der Waals surface area contributed by atoms with E-state index in [0.29, 0.717) is 5.57 Å². The fourth-order valence-corrected chi connectivity index (χ4v) is 2.25. The zero-order valence-electron chi connectivity index (χ0n) is 13.5. The van der Waals surface area contributed by atoms with E-state index in [4.69, 9.17) is 4.74 Å². The Balaban J connectivity index is 2.49. The first kappa shape index (κ1) is 16.3. The molecule has 0 atom stereocenters. The van der Waals surface area contributed by atoms with Crippen molar-refractivity contribution < 1.29 is 4.74 Å². The van der Waals surface area contributed by atoms with Crippen molar-refractivity contribution in [1.82, 2.24) is 4.98 Å². The van der Waals surface area contributed by atoms with E-state index in [1.165, 1.54) is 0 Å². The van der Waals surface area contributed by atoms with Crippen LogP contribution < -0.4 is 4.74 Å². The highest BCUT2D eigenvalue weighted by Gasteiger charge is 2.09. The third-order valence-corrected chi connectivity index (χ3v) is 3.47. The van der Waals surface area contributed by atoms with Gasteiger partial charge in [-0.1, -0.05) is 12.2 Å². The normalized spacial score (nSPS) is 13.1. The lowest BCUT2D eigenvalue weighted by Gasteiger charge is -2.02. The van der Waals surface area contributed by atoms with Crippen LogP contribution in [0.5, 0.6) is 5.75 Å². The van der Waals surface area contributed by atoms with Gasteiger partial charge in [0.1, 0.15) is 5.75 Å². The molecule has 0 spiro atoms. The van der Waals surface area contributed by atoms with Crippen LogP contribution in [0.1, 0.15) is 12.5 Å². The molecule has 4 heteroatoms. The molecule has 0 fully saturated rings. The van der Waals surface area contributed by atoms with Crippen molar-refractivity contribution in [3.63, 3.8) is 0 Å². The molecule has 0 amide bonds. The number of aliphatic imine (C=N–C) groups is 1. The molecule has 0 radical (unpaired) electrons. The number of hydrogen-bond donors (Lipinski definition) is 1. The average Bonchev–Trinajstić information content (AvgIpc) is 3.01. The zero-order valence-corrected chi connectivity index (χ0v) is 13.5. The Morgan fingerprint density at radius 3 is 2.87 bits per heavy atom. The Morgan fingerprint density at radius 2 is 2.22 bits per heavy atom. The smallest absolute Gasteiger partial charge is 0.119 e. The van der Waals surface area contributed by atoms with Crippen molar-refractivity contribution in [1.29, 1.82) is 5.26 Å². The van der Waals surface area contributed by atoms with Gasteiger partial charge in [0.2, 0.25) is 0 Å². The summed E-state index contributed by atoms with van der Waals surface area (Å²) >= 11 is 0. The van der Waals surface area contributed by atoms with Gasteiger partial charge in [0, 0.05) is 35.9 Å². The molecular weight excluding hydrogens is 286 g/mol. The maximum Gasteiger partial charge on any atom is 0.119 e. The first-order valence-corrected chi connectivity index (χ1v) is 7.26. The predicted octanol–water partition coefficient (Wildman–Crippen LogP) is 4.29. The molecule has 4 nitrogen and oxygen atoms in total. The average molecular weight is 305 g/mol. The Kier molecular flexibility index (Phi) is 5.54. The summed E-state index contributed by atoms with van der Waals surface area (Å²) in [5.41, 5.74) is 3.37. The molecule has 1 aromatic heterocycles. The van der Waals surface area contributed by atoms with E-state index >= 15 is 0 Å². The van der Waals surface area contributed by atoms with Gasteiger partial charge in [-0.05, 0) is 42.8 Å². The molecule has 2 aromatic rings. The molecule has 0 saturated carbocycles.